The number of halogens is 2. The molecule has 100 valence electrons. The third-order valence-corrected chi connectivity index (χ3v) is 3.60. The number of ether oxygens (including phenoxy) is 1. The molecule has 3 rings (SSSR count). The third kappa shape index (κ3) is 2.05. The van der Waals surface area contributed by atoms with Crippen molar-refractivity contribution in [1.29, 1.82) is 5.26 Å². The molecule has 2 heterocycles. The van der Waals surface area contributed by atoms with Crippen LogP contribution < -0.4 is 0 Å². The first-order chi connectivity index (χ1) is 9.72. The lowest BCUT2D eigenvalue weighted by Crippen LogP contribution is -2.15. The van der Waals surface area contributed by atoms with Crippen LogP contribution in [-0.2, 0) is 17.8 Å². The topological polar surface area (TPSA) is 45.9 Å². The van der Waals surface area contributed by atoms with Gasteiger partial charge in [0.25, 0.3) is 0 Å². The lowest BCUT2D eigenvalue weighted by Gasteiger charge is -2.21. The zero-order valence-electron chi connectivity index (χ0n) is 10.5. The van der Waals surface area contributed by atoms with E-state index in [0.29, 0.717) is 30.8 Å². The number of nitriles is 1. The van der Waals surface area contributed by atoms with Crippen molar-refractivity contribution in [3.63, 3.8) is 0 Å². The first-order valence-electron chi connectivity index (χ1n) is 6.16. The van der Waals surface area contributed by atoms with Crippen LogP contribution in [0.2, 0.25) is 5.15 Å². The van der Waals surface area contributed by atoms with Crippen molar-refractivity contribution in [2.24, 2.45) is 0 Å². The lowest BCUT2D eigenvalue weighted by atomic mass is 9.93. The number of rotatable bonds is 1. The molecule has 0 N–H and O–H groups in total. The normalized spacial score (nSPS) is 13.7. The lowest BCUT2D eigenvalue weighted by molar-refractivity contribution is 0.109. The highest BCUT2D eigenvalue weighted by Crippen LogP contribution is 2.36. The van der Waals surface area contributed by atoms with Crippen molar-refractivity contribution in [2.75, 3.05) is 6.61 Å². The second-order valence-electron chi connectivity index (χ2n) is 4.47. The Morgan fingerprint density at radius 3 is 2.90 bits per heavy atom. The molecule has 20 heavy (non-hydrogen) atoms. The summed E-state index contributed by atoms with van der Waals surface area (Å²) in [7, 11) is 0. The third-order valence-electron chi connectivity index (χ3n) is 3.32. The fourth-order valence-electron chi connectivity index (χ4n) is 2.41. The largest absolute Gasteiger partial charge is 0.376 e. The summed E-state index contributed by atoms with van der Waals surface area (Å²) in [4.78, 5) is 4.24. The number of aromatic nitrogens is 1. The van der Waals surface area contributed by atoms with Gasteiger partial charge >= 0.3 is 0 Å². The number of pyridine rings is 1. The minimum absolute atomic E-state index is 0.117. The van der Waals surface area contributed by atoms with Crippen LogP contribution in [0.3, 0.4) is 0 Å². The van der Waals surface area contributed by atoms with Crippen LogP contribution in [0.25, 0.3) is 11.1 Å². The minimum atomic E-state index is -0.390. The predicted octanol–water partition coefficient (Wildman–Crippen LogP) is 3.49. The highest BCUT2D eigenvalue weighted by Gasteiger charge is 2.24. The molecule has 0 saturated heterocycles. The van der Waals surface area contributed by atoms with Crippen molar-refractivity contribution >= 4 is 11.6 Å². The van der Waals surface area contributed by atoms with E-state index < -0.39 is 0 Å². The van der Waals surface area contributed by atoms with Gasteiger partial charge in [-0.05, 0) is 6.07 Å². The van der Waals surface area contributed by atoms with E-state index in [9.17, 15) is 9.65 Å². The van der Waals surface area contributed by atoms with Crippen LogP contribution in [0.5, 0.6) is 0 Å². The summed E-state index contributed by atoms with van der Waals surface area (Å²) in [5.74, 6) is -0.390. The highest BCUT2D eigenvalue weighted by molar-refractivity contribution is 6.31. The molecule has 0 atom stereocenters. The van der Waals surface area contributed by atoms with E-state index in [1.807, 2.05) is 6.07 Å². The van der Waals surface area contributed by atoms with Crippen LogP contribution in [0.15, 0.2) is 24.3 Å². The van der Waals surface area contributed by atoms with E-state index in [-0.39, 0.29) is 16.5 Å². The second kappa shape index (κ2) is 5.20. The Labute approximate surface area is 120 Å². The van der Waals surface area contributed by atoms with E-state index in [1.165, 1.54) is 6.07 Å². The van der Waals surface area contributed by atoms with Crippen molar-refractivity contribution in [2.45, 2.75) is 13.0 Å². The van der Waals surface area contributed by atoms with Gasteiger partial charge in [-0.2, -0.15) is 5.26 Å². The Hall–Kier alpha value is -1.96. The Balaban J connectivity index is 2.36. The molecule has 0 fully saturated rings. The summed E-state index contributed by atoms with van der Waals surface area (Å²) in [6.45, 7) is 0.872. The fourth-order valence-corrected chi connectivity index (χ4v) is 2.65. The van der Waals surface area contributed by atoms with Gasteiger partial charge in [0.1, 0.15) is 17.0 Å². The summed E-state index contributed by atoms with van der Waals surface area (Å²) in [5, 5.41) is 9.43. The Morgan fingerprint density at radius 1 is 1.35 bits per heavy atom. The molecule has 0 amide bonds. The number of fused-ring (bicyclic) bond motifs is 1. The molecule has 5 heteroatoms. The van der Waals surface area contributed by atoms with E-state index in [2.05, 4.69) is 4.98 Å². The molecule has 0 spiro atoms. The van der Waals surface area contributed by atoms with Crippen LogP contribution in [0.4, 0.5) is 4.39 Å². The van der Waals surface area contributed by atoms with E-state index in [1.54, 1.807) is 18.2 Å². The van der Waals surface area contributed by atoms with Crippen molar-refractivity contribution in [1.82, 2.24) is 4.98 Å². The van der Waals surface area contributed by atoms with Crippen LogP contribution in [0.1, 0.15) is 16.8 Å². The van der Waals surface area contributed by atoms with Gasteiger partial charge in [-0.15, -0.1) is 0 Å². The SMILES string of the molecule is N#Cc1c(Cl)nc2c(c1-c1ccccc1F)COCC2. The van der Waals surface area contributed by atoms with Gasteiger partial charge in [0.05, 0.1) is 24.5 Å². The number of hydrogen-bond acceptors (Lipinski definition) is 3. The molecule has 0 bridgehead atoms. The quantitative estimate of drug-likeness (QED) is 0.755. The van der Waals surface area contributed by atoms with Crippen molar-refractivity contribution < 1.29 is 9.13 Å². The molecule has 0 unspecified atom stereocenters. The summed E-state index contributed by atoms with van der Waals surface area (Å²) in [6.07, 6.45) is 0.613. The van der Waals surface area contributed by atoms with Crippen LogP contribution in [0, 0.1) is 17.1 Å². The van der Waals surface area contributed by atoms with Crippen LogP contribution >= 0.6 is 11.6 Å². The Morgan fingerprint density at radius 2 is 2.15 bits per heavy atom. The standard InChI is InChI=1S/C15H10ClFN2O/c16-15-10(7-18)14(9-3-1-2-4-12(9)17)11-8-20-6-5-13(11)19-15/h1-4H,5-6,8H2. The van der Waals surface area contributed by atoms with Crippen molar-refractivity contribution in [3.8, 4) is 17.2 Å². The average molecular weight is 289 g/mol. The van der Waals surface area contributed by atoms with Gasteiger partial charge in [0, 0.05) is 23.1 Å². The van der Waals surface area contributed by atoms with Gasteiger partial charge in [-0.1, -0.05) is 29.8 Å². The molecule has 0 saturated carbocycles. The molecule has 1 aliphatic heterocycles. The molecule has 0 radical (unpaired) electrons. The van der Waals surface area contributed by atoms with Crippen molar-refractivity contribution in [3.05, 3.63) is 52.1 Å². The maximum absolute atomic E-state index is 14.1. The van der Waals surface area contributed by atoms with Gasteiger partial charge in [-0.3, -0.25) is 0 Å². The zero-order valence-corrected chi connectivity index (χ0v) is 11.2. The second-order valence-corrected chi connectivity index (χ2v) is 4.83. The Kier molecular flexibility index (Phi) is 3.39. The maximum atomic E-state index is 14.1. The highest BCUT2D eigenvalue weighted by atomic mass is 35.5. The molecule has 1 aromatic heterocycles. The van der Waals surface area contributed by atoms with Gasteiger partial charge in [0.2, 0.25) is 0 Å². The Bertz CT molecular complexity index is 725. The predicted molar refractivity (Wildman–Crippen MR) is 72.7 cm³/mol. The van der Waals surface area contributed by atoms with Gasteiger partial charge in [0.15, 0.2) is 0 Å². The fraction of sp³-hybridized carbons (Fsp3) is 0.200. The number of hydrogen-bond donors (Lipinski definition) is 0. The zero-order chi connectivity index (χ0) is 14.1. The average Bonchev–Trinajstić information content (AvgIpc) is 2.46. The summed E-state index contributed by atoms with van der Waals surface area (Å²) in [5.41, 5.74) is 2.58. The first kappa shape index (κ1) is 13.0. The molecule has 1 aliphatic rings. The summed E-state index contributed by atoms with van der Waals surface area (Å²) < 4.78 is 19.5. The molecule has 1 aromatic carbocycles. The van der Waals surface area contributed by atoms with E-state index >= 15 is 0 Å². The number of benzene rings is 1. The van der Waals surface area contributed by atoms with Gasteiger partial charge < -0.3 is 4.74 Å². The molecular formula is C15H10ClFN2O. The van der Waals surface area contributed by atoms with E-state index in [4.69, 9.17) is 16.3 Å². The smallest absolute Gasteiger partial charge is 0.147 e. The molecular weight excluding hydrogens is 279 g/mol. The minimum Gasteiger partial charge on any atom is -0.376 e. The molecule has 3 nitrogen and oxygen atoms in total. The van der Waals surface area contributed by atoms with Crippen LogP contribution in [-0.4, -0.2) is 11.6 Å². The molecule has 0 aliphatic carbocycles. The number of nitrogens with zero attached hydrogens (tertiary/aromatic N) is 2. The monoisotopic (exact) mass is 288 g/mol. The van der Waals surface area contributed by atoms with E-state index in [0.717, 1.165) is 11.3 Å². The van der Waals surface area contributed by atoms with Gasteiger partial charge in [-0.25, -0.2) is 9.37 Å². The maximum Gasteiger partial charge on any atom is 0.147 e. The first-order valence-corrected chi connectivity index (χ1v) is 6.54. The summed E-state index contributed by atoms with van der Waals surface area (Å²) >= 11 is 6.07. The molecule has 2 aromatic rings. The summed E-state index contributed by atoms with van der Waals surface area (Å²) in [6, 6.07) is 8.35.